The molecule has 0 rings (SSSR count). The van der Waals surface area contributed by atoms with E-state index in [2.05, 4.69) is 17.2 Å². The fourth-order valence-electron chi connectivity index (χ4n) is 2.86. The molecule has 0 aromatic heterocycles. The summed E-state index contributed by atoms with van der Waals surface area (Å²) in [6, 6.07) is -0.634. The lowest BCUT2D eigenvalue weighted by molar-refractivity contribution is -0.147. The molecular weight excluding hydrogens is 380 g/mol. The van der Waals surface area contributed by atoms with E-state index in [9.17, 15) is 9.59 Å². The van der Waals surface area contributed by atoms with Crippen LogP contribution >= 0.6 is 12.4 Å². The van der Waals surface area contributed by atoms with Gasteiger partial charge in [-0.2, -0.15) is 0 Å². The first-order valence-corrected chi connectivity index (χ1v) is 10.5. The lowest BCUT2D eigenvalue weighted by Crippen LogP contribution is -2.42. The summed E-state index contributed by atoms with van der Waals surface area (Å²) < 4.78 is 5.04. The molecule has 0 spiro atoms. The van der Waals surface area contributed by atoms with E-state index in [-0.39, 0.29) is 30.9 Å². The van der Waals surface area contributed by atoms with Crippen molar-refractivity contribution in [3.05, 3.63) is 0 Å². The van der Waals surface area contributed by atoms with Crippen molar-refractivity contribution in [2.45, 2.75) is 96.9 Å². The number of nitrogens with one attached hydrogen (secondary N) is 1. The Hall–Kier alpha value is -1.50. The quantitative estimate of drug-likeness (QED) is 0.144. The molecule has 0 saturated heterocycles. The van der Waals surface area contributed by atoms with Gasteiger partial charge in [0.2, 0.25) is 5.91 Å². The molecule has 5 N–H and O–H groups in total. The van der Waals surface area contributed by atoms with Crippen LogP contribution in [0.15, 0.2) is 4.99 Å². The first kappa shape index (κ1) is 28.7. The van der Waals surface area contributed by atoms with Gasteiger partial charge in [-0.15, -0.1) is 12.4 Å². The van der Waals surface area contributed by atoms with Crippen LogP contribution in [0.4, 0.5) is 0 Å². The van der Waals surface area contributed by atoms with Gasteiger partial charge in [0.15, 0.2) is 5.96 Å². The van der Waals surface area contributed by atoms with Crippen LogP contribution in [0.25, 0.3) is 0 Å². The van der Waals surface area contributed by atoms with E-state index in [1.165, 1.54) is 44.9 Å². The fourth-order valence-corrected chi connectivity index (χ4v) is 2.86. The number of rotatable bonds is 17. The smallest absolute Gasteiger partial charge is 0.328 e. The van der Waals surface area contributed by atoms with Crippen LogP contribution in [-0.4, -0.2) is 37.0 Å². The van der Waals surface area contributed by atoms with Gasteiger partial charge in [0, 0.05) is 13.0 Å². The summed E-state index contributed by atoms with van der Waals surface area (Å²) in [6.07, 6.45) is 12.3. The number of carbonyl (C=O) groups excluding carboxylic acids is 2. The van der Waals surface area contributed by atoms with Crippen molar-refractivity contribution < 1.29 is 14.3 Å². The lowest BCUT2D eigenvalue weighted by Gasteiger charge is -2.17. The zero-order chi connectivity index (χ0) is 20.3. The van der Waals surface area contributed by atoms with E-state index in [0.717, 1.165) is 12.8 Å². The van der Waals surface area contributed by atoms with Crippen molar-refractivity contribution >= 4 is 30.2 Å². The van der Waals surface area contributed by atoms with Crippen LogP contribution in [-0.2, 0) is 14.3 Å². The Morgan fingerprint density at radius 2 is 1.50 bits per heavy atom. The summed E-state index contributed by atoms with van der Waals surface area (Å²) >= 11 is 0. The van der Waals surface area contributed by atoms with Gasteiger partial charge < -0.3 is 21.5 Å². The minimum Gasteiger partial charge on any atom is -0.464 e. The highest BCUT2D eigenvalue weighted by molar-refractivity contribution is 5.85. The SMILES string of the molecule is CCCCCCCCCCCC(=O)N[C@@H](CCCN=C(N)N)C(=O)OCC.Cl. The Balaban J connectivity index is 0. The van der Waals surface area contributed by atoms with Gasteiger partial charge in [0.25, 0.3) is 0 Å². The molecule has 0 aromatic rings. The van der Waals surface area contributed by atoms with E-state index in [4.69, 9.17) is 16.2 Å². The number of guanidine groups is 1. The fraction of sp³-hybridized carbons (Fsp3) is 0.850. The molecule has 166 valence electrons. The number of halogens is 1. The van der Waals surface area contributed by atoms with Gasteiger partial charge in [-0.25, -0.2) is 4.79 Å². The minimum atomic E-state index is -0.634. The monoisotopic (exact) mass is 420 g/mol. The number of carbonyl (C=O) groups is 2. The zero-order valence-electron chi connectivity index (χ0n) is 17.7. The number of aliphatic imine (C=N–C) groups is 1. The maximum absolute atomic E-state index is 12.1. The number of unbranched alkanes of at least 4 members (excludes halogenated alkanes) is 8. The number of esters is 1. The molecule has 0 unspecified atom stereocenters. The second kappa shape index (κ2) is 20.2. The maximum atomic E-state index is 12.1. The van der Waals surface area contributed by atoms with Crippen LogP contribution in [0.5, 0.6) is 0 Å². The van der Waals surface area contributed by atoms with Crippen LogP contribution in [0.1, 0.15) is 90.9 Å². The summed E-state index contributed by atoms with van der Waals surface area (Å²) in [4.78, 5) is 28.0. The minimum absolute atomic E-state index is 0. The highest BCUT2D eigenvalue weighted by atomic mass is 35.5. The molecule has 0 aliphatic heterocycles. The average molecular weight is 421 g/mol. The number of amides is 1. The molecule has 0 radical (unpaired) electrons. The Labute approximate surface area is 176 Å². The molecule has 28 heavy (non-hydrogen) atoms. The van der Waals surface area contributed by atoms with Gasteiger partial charge >= 0.3 is 5.97 Å². The second-order valence-electron chi connectivity index (χ2n) is 6.90. The van der Waals surface area contributed by atoms with Gasteiger partial charge in [-0.05, 0) is 26.2 Å². The van der Waals surface area contributed by atoms with Gasteiger partial charge in [0.05, 0.1) is 6.61 Å². The molecule has 0 fully saturated rings. The Bertz CT molecular complexity index is 430. The second-order valence-corrected chi connectivity index (χ2v) is 6.90. The van der Waals surface area contributed by atoms with E-state index >= 15 is 0 Å². The molecule has 0 aromatic carbocycles. The molecule has 0 bridgehead atoms. The third-order valence-electron chi connectivity index (χ3n) is 4.36. The first-order chi connectivity index (χ1) is 13.0. The summed E-state index contributed by atoms with van der Waals surface area (Å²) in [7, 11) is 0. The van der Waals surface area contributed by atoms with Crippen LogP contribution < -0.4 is 16.8 Å². The van der Waals surface area contributed by atoms with Gasteiger partial charge in [-0.3, -0.25) is 9.79 Å². The maximum Gasteiger partial charge on any atom is 0.328 e. The van der Waals surface area contributed by atoms with Crippen molar-refractivity contribution in [2.75, 3.05) is 13.2 Å². The van der Waals surface area contributed by atoms with E-state index < -0.39 is 12.0 Å². The van der Waals surface area contributed by atoms with Crippen molar-refractivity contribution in [3.8, 4) is 0 Å². The van der Waals surface area contributed by atoms with Crippen LogP contribution in [0, 0.1) is 0 Å². The predicted molar refractivity (Wildman–Crippen MR) is 118 cm³/mol. The van der Waals surface area contributed by atoms with Gasteiger partial charge in [-0.1, -0.05) is 58.3 Å². The first-order valence-electron chi connectivity index (χ1n) is 10.5. The average Bonchev–Trinajstić information content (AvgIpc) is 2.62. The summed E-state index contributed by atoms with van der Waals surface area (Å²) in [5.74, 6) is -0.474. The largest absolute Gasteiger partial charge is 0.464 e. The van der Waals surface area contributed by atoms with Crippen LogP contribution in [0.2, 0.25) is 0 Å². The molecule has 0 heterocycles. The van der Waals surface area contributed by atoms with Crippen molar-refractivity contribution in [3.63, 3.8) is 0 Å². The molecule has 8 heteroatoms. The van der Waals surface area contributed by atoms with E-state index in [1.54, 1.807) is 6.92 Å². The highest BCUT2D eigenvalue weighted by Gasteiger charge is 2.21. The number of nitrogens with two attached hydrogens (primary N) is 2. The van der Waals surface area contributed by atoms with Crippen molar-refractivity contribution in [1.29, 1.82) is 0 Å². The third kappa shape index (κ3) is 17.9. The number of ether oxygens (including phenoxy) is 1. The molecule has 1 amide bonds. The predicted octanol–water partition coefficient (Wildman–Crippen LogP) is 3.43. The third-order valence-corrected chi connectivity index (χ3v) is 4.36. The standard InChI is InChI=1S/C20H40N4O3.ClH/c1-3-5-6-7-8-9-10-11-12-15-18(25)24-17(19(26)27-4-2)14-13-16-23-20(21)22;/h17H,3-16H2,1-2H3,(H,24,25)(H4,21,22,23);1H/t17-;/m0./s1. The molecule has 1 atom stereocenters. The van der Waals surface area contributed by atoms with Gasteiger partial charge in [0.1, 0.15) is 6.04 Å². The summed E-state index contributed by atoms with van der Waals surface area (Å²) in [6.45, 7) is 4.68. The Kier molecular flexibility index (Phi) is 20.8. The number of hydrogen-bond donors (Lipinski definition) is 3. The highest BCUT2D eigenvalue weighted by Crippen LogP contribution is 2.11. The van der Waals surface area contributed by atoms with Crippen molar-refractivity contribution in [2.24, 2.45) is 16.5 Å². The van der Waals surface area contributed by atoms with E-state index in [0.29, 0.717) is 25.8 Å². The Morgan fingerprint density at radius 1 is 0.929 bits per heavy atom. The van der Waals surface area contributed by atoms with E-state index in [1.807, 2.05) is 0 Å². The summed E-state index contributed by atoms with van der Waals surface area (Å²) in [5.41, 5.74) is 10.6. The van der Waals surface area contributed by atoms with Crippen molar-refractivity contribution in [1.82, 2.24) is 5.32 Å². The molecule has 0 aliphatic rings. The Morgan fingerprint density at radius 3 is 2.04 bits per heavy atom. The lowest BCUT2D eigenvalue weighted by atomic mass is 10.1. The normalized spacial score (nSPS) is 11.2. The zero-order valence-corrected chi connectivity index (χ0v) is 18.5. The molecule has 0 saturated carbocycles. The topological polar surface area (TPSA) is 120 Å². The molecule has 7 nitrogen and oxygen atoms in total. The number of nitrogens with zero attached hydrogens (tertiary/aromatic N) is 1. The number of hydrogen-bond acceptors (Lipinski definition) is 4. The molecular formula is C20H41ClN4O3. The summed E-state index contributed by atoms with van der Waals surface area (Å²) in [5, 5.41) is 2.79. The van der Waals surface area contributed by atoms with Crippen LogP contribution in [0.3, 0.4) is 0 Å². The molecule has 0 aliphatic carbocycles.